The number of nitrogens with zero attached hydrogens (tertiary/aromatic N) is 1. The first-order valence-corrected chi connectivity index (χ1v) is 12.5. The van der Waals surface area contributed by atoms with Crippen molar-refractivity contribution >= 4 is 17.9 Å². The van der Waals surface area contributed by atoms with Crippen molar-refractivity contribution in [3.63, 3.8) is 0 Å². The van der Waals surface area contributed by atoms with Gasteiger partial charge in [-0.1, -0.05) is 51.7 Å². The fraction of sp³-hybridized carbons (Fsp3) is 0.333. The lowest BCUT2D eigenvalue weighted by Gasteiger charge is -2.08. The van der Waals surface area contributed by atoms with Gasteiger partial charge >= 0.3 is 5.97 Å². The SMILES string of the molecule is CCCCCCOc1ccc(C(=O)Oc2ccc(C=Nc3ccc(CCCC)cc3)c(O)c2)cc1. The van der Waals surface area contributed by atoms with Gasteiger partial charge in [-0.3, -0.25) is 4.99 Å². The Morgan fingerprint density at radius 3 is 2.26 bits per heavy atom. The van der Waals surface area contributed by atoms with Gasteiger partial charge in [0.25, 0.3) is 0 Å². The first kappa shape index (κ1) is 26.0. The van der Waals surface area contributed by atoms with Crippen molar-refractivity contribution < 1.29 is 19.4 Å². The molecule has 3 rings (SSSR count). The van der Waals surface area contributed by atoms with Crippen LogP contribution in [-0.4, -0.2) is 23.9 Å². The molecule has 1 N–H and O–H groups in total. The van der Waals surface area contributed by atoms with E-state index >= 15 is 0 Å². The molecular weight excluding hydrogens is 438 g/mol. The Kier molecular flexibility index (Phi) is 10.4. The zero-order valence-electron chi connectivity index (χ0n) is 20.7. The van der Waals surface area contributed by atoms with Crippen LogP contribution in [0, 0.1) is 0 Å². The lowest BCUT2D eigenvalue weighted by Crippen LogP contribution is -2.08. The van der Waals surface area contributed by atoms with E-state index in [1.807, 2.05) is 12.1 Å². The number of unbranched alkanes of at least 4 members (excludes halogenated alkanes) is 4. The maximum absolute atomic E-state index is 12.5. The summed E-state index contributed by atoms with van der Waals surface area (Å²) in [4.78, 5) is 16.9. The van der Waals surface area contributed by atoms with E-state index in [4.69, 9.17) is 9.47 Å². The molecule has 0 saturated carbocycles. The third-order valence-corrected chi connectivity index (χ3v) is 5.68. The number of aromatic hydroxyl groups is 1. The zero-order valence-corrected chi connectivity index (χ0v) is 20.7. The van der Waals surface area contributed by atoms with Gasteiger partial charge in [-0.15, -0.1) is 0 Å². The lowest BCUT2D eigenvalue weighted by molar-refractivity contribution is 0.0734. The van der Waals surface area contributed by atoms with Crippen LogP contribution < -0.4 is 9.47 Å². The number of hydrogen-bond acceptors (Lipinski definition) is 5. The van der Waals surface area contributed by atoms with Gasteiger partial charge in [-0.25, -0.2) is 4.79 Å². The molecule has 0 unspecified atom stereocenters. The number of phenolic OH excluding ortho intramolecular Hbond substituents is 1. The summed E-state index contributed by atoms with van der Waals surface area (Å²) in [6, 6.07) is 19.7. The average molecular weight is 474 g/mol. The minimum Gasteiger partial charge on any atom is -0.507 e. The maximum Gasteiger partial charge on any atom is 0.343 e. The predicted octanol–water partition coefficient (Wildman–Crippen LogP) is 7.66. The Labute approximate surface area is 208 Å². The molecule has 0 aliphatic carbocycles. The van der Waals surface area contributed by atoms with Crippen LogP contribution in [0.5, 0.6) is 17.2 Å². The second-order valence-corrected chi connectivity index (χ2v) is 8.57. The highest BCUT2D eigenvalue weighted by Crippen LogP contribution is 2.24. The van der Waals surface area contributed by atoms with Gasteiger partial charge in [0.15, 0.2) is 0 Å². The molecule has 35 heavy (non-hydrogen) atoms. The quantitative estimate of drug-likeness (QED) is 0.120. The molecule has 0 aliphatic heterocycles. The molecule has 0 saturated heterocycles. The number of aliphatic imine (C=N–C) groups is 1. The van der Waals surface area contributed by atoms with Crippen LogP contribution >= 0.6 is 0 Å². The molecule has 0 spiro atoms. The minimum atomic E-state index is -0.497. The van der Waals surface area contributed by atoms with Crippen molar-refractivity contribution in [3.8, 4) is 17.2 Å². The molecule has 0 atom stereocenters. The number of esters is 1. The van der Waals surface area contributed by atoms with E-state index in [-0.39, 0.29) is 11.5 Å². The highest BCUT2D eigenvalue weighted by molar-refractivity contribution is 5.91. The van der Waals surface area contributed by atoms with Gasteiger partial charge < -0.3 is 14.6 Å². The van der Waals surface area contributed by atoms with E-state index in [1.165, 1.54) is 37.3 Å². The Hall–Kier alpha value is -3.60. The van der Waals surface area contributed by atoms with Crippen LogP contribution in [0.4, 0.5) is 5.69 Å². The summed E-state index contributed by atoms with van der Waals surface area (Å²) in [5.74, 6) is 0.491. The molecule has 0 fully saturated rings. The monoisotopic (exact) mass is 473 g/mol. The van der Waals surface area contributed by atoms with E-state index in [0.717, 1.165) is 30.7 Å². The Balaban J connectivity index is 1.53. The second-order valence-electron chi connectivity index (χ2n) is 8.57. The predicted molar refractivity (Wildman–Crippen MR) is 141 cm³/mol. The van der Waals surface area contributed by atoms with Crippen molar-refractivity contribution in [3.05, 3.63) is 83.4 Å². The van der Waals surface area contributed by atoms with Crippen molar-refractivity contribution in [1.82, 2.24) is 0 Å². The fourth-order valence-corrected chi connectivity index (χ4v) is 3.54. The number of ether oxygens (including phenoxy) is 2. The molecule has 0 heterocycles. The summed E-state index contributed by atoms with van der Waals surface area (Å²) < 4.78 is 11.1. The summed E-state index contributed by atoms with van der Waals surface area (Å²) in [6.07, 6.45) is 9.60. The fourth-order valence-electron chi connectivity index (χ4n) is 3.54. The van der Waals surface area contributed by atoms with Crippen LogP contribution in [0.2, 0.25) is 0 Å². The molecule has 0 aliphatic rings. The van der Waals surface area contributed by atoms with Crippen LogP contribution in [-0.2, 0) is 6.42 Å². The summed E-state index contributed by atoms with van der Waals surface area (Å²) in [5, 5.41) is 10.4. The molecule has 0 aromatic heterocycles. The van der Waals surface area contributed by atoms with Gasteiger partial charge in [-0.2, -0.15) is 0 Å². The number of phenols is 1. The smallest absolute Gasteiger partial charge is 0.343 e. The first-order chi connectivity index (χ1) is 17.1. The van der Waals surface area contributed by atoms with Crippen LogP contribution in [0.25, 0.3) is 0 Å². The van der Waals surface area contributed by atoms with Gasteiger partial charge in [0, 0.05) is 17.8 Å². The van der Waals surface area contributed by atoms with E-state index in [9.17, 15) is 9.90 Å². The number of hydrogen-bond donors (Lipinski definition) is 1. The highest BCUT2D eigenvalue weighted by Gasteiger charge is 2.10. The second kappa shape index (κ2) is 14.0. The number of benzene rings is 3. The third kappa shape index (κ3) is 8.60. The van der Waals surface area contributed by atoms with Crippen LogP contribution in [0.1, 0.15) is 73.9 Å². The summed E-state index contributed by atoms with van der Waals surface area (Å²) in [7, 11) is 0. The van der Waals surface area contributed by atoms with Gasteiger partial charge in [0.1, 0.15) is 17.2 Å². The van der Waals surface area contributed by atoms with Gasteiger partial charge in [-0.05, 0) is 73.4 Å². The van der Waals surface area contributed by atoms with Crippen LogP contribution in [0.3, 0.4) is 0 Å². The molecule has 0 radical (unpaired) electrons. The molecule has 184 valence electrons. The third-order valence-electron chi connectivity index (χ3n) is 5.68. The summed E-state index contributed by atoms with van der Waals surface area (Å²) >= 11 is 0. The first-order valence-electron chi connectivity index (χ1n) is 12.5. The maximum atomic E-state index is 12.5. The molecular formula is C30H35NO4. The number of aryl methyl sites for hydroxylation is 1. The molecule has 0 amide bonds. The van der Waals surface area contributed by atoms with E-state index in [2.05, 4.69) is 31.0 Å². The van der Waals surface area contributed by atoms with E-state index < -0.39 is 5.97 Å². The molecule has 5 nitrogen and oxygen atoms in total. The largest absolute Gasteiger partial charge is 0.507 e. The topological polar surface area (TPSA) is 68.1 Å². The Morgan fingerprint density at radius 1 is 0.857 bits per heavy atom. The normalized spacial score (nSPS) is 11.0. The molecule has 5 heteroatoms. The van der Waals surface area contributed by atoms with E-state index in [1.54, 1.807) is 42.6 Å². The van der Waals surface area contributed by atoms with Crippen molar-refractivity contribution in [2.24, 2.45) is 4.99 Å². The Morgan fingerprint density at radius 2 is 1.57 bits per heavy atom. The summed E-state index contributed by atoms with van der Waals surface area (Å²) in [5.41, 5.74) is 3.06. The summed E-state index contributed by atoms with van der Waals surface area (Å²) in [6.45, 7) is 5.03. The number of carbonyl (C=O) groups is 1. The number of rotatable bonds is 13. The zero-order chi connectivity index (χ0) is 24.9. The van der Waals surface area contributed by atoms with Gasteiger partial charge in [0.2, 0.25) is 0 Å². The molecule has 3 aromatic carbocycles. The van der Waals surface area contributed by atoms with Crippen molar-refractivity contribution in [1.29, 1.82) is 0 Å². The average Bonchev–Trinajstić information content (AvgIpc) is 2.88. The standard InChI is InChI=1S/C30H35NO4/c1-3-5-7-8-20-34-27-17-12-24(13-18-27)30(33)35-28-19-14-25(29(32)21-28)22-31-26-15-10-23(11-16-26)9-6-4-2/h10-19,21-22,32H,3-9,20H2,1-2H3. The van der Waals surface area contributed by atoms with E-state index in [0.29, 0.717) is 17.7 Å². The molecule has 0 bridgehead atoms. The Bertz CT molecular complexity index is 1090. The lowest BCUT2D eigenvalue weighted by atomic mass is 10.1. The van der Waals surface area contributed by atoms with Crippen molar-refractivity contribution in [2.45, 2.75) is 58.8 Å². The highest BCUT2D eigenvalue weighted by atomic mass is 16.5. The van der Waals surface area contributed by atoms with Crippen LogP contribution in [0.15, 0.2) is 71.7 Å². The number of carbonyl (C=O) groups excluding carboxylic acids is 1. The van der Waals surface area contributed by atoms with Crippen molar-refractivity contribution in [2.75, 3.05) is 6.61 Å². The van der Waals surface area contributed by atoms with Gasteiger partial charge in [0.05, 0.1) is 17.9 Å². The molecule has 3 aromatic rings. The minimum absolute atomic E-state index is 0.00885.